The maximum absolute atomic E-state index is 12.6. The summed E-state index contributed by atoms with van der Waals surface area (Å²) in [6.07, 6.45) is 3.15. The zero-order valence-corrected chi connectivity index (χ0v) is 14.3. The molecule has 1 aromatic carbocycles. The number of hydrogen-bond donors (Lipinski definition) is 1. The lowest BCUT2D eigenvalue weighted by Gasteiger charge is -2.32. The van der Waals surface area contributed by atoms with Gasteiger partial charge in [-0.05, 0) is 62.4 Å². The predicted molar refractivity (Wildman–Crippen MR) is 90.5 cm³/mol. The minimum absolute atomic E-state index is 0.137. The maximum Gasteiger partial charge on any atom is 0.226 e. The average Bonchev–Trinajstić information content (AvgIpc) is 3.31. The molecule has 0 bridgehead atoms. The van der Waals surface area contributed by atoms with Gasteiger partial charge in [-0.15, -0.1) is 0 Å². The second-order valence-corrected chi connectivity index (χ2v) is 7.26. The summed E-state index contributed by atoms with van der Waals surface area (Å²) >= 11 is 12.0. The molecule has 1 saturated carbocycles. The highest BCUT2D eigenvalue weighted by molar-refractivity contribution is 6.42. The van der Waals surface area contributed by atoms with E-state index < -0.39 is 0 Å². The second-order valence-electron chi connectivity index (χ2n) is 6.45. The Balaban J connectivity index is 1.56. The fraction of sp³-hybridized carbons (Fsp3) is 0.588. The van der Waals surface area contributed by atoms with Gasteiger partial charge in [-0.1, -0.05) is 29.3 Å². The first-order valence-electron chi connectivity index (χ1n) is 7.98. The Kier molecular flexibility index (Phi) is 4.96. The van der Waals surface area contributed by atoms with Crippen LogP contribution in [0.1, 0.15) is 30.7 Å². The third-order valence-electron chi connectivity index (χ3n) is 4.90. The van der Waals surface area contributed by atoms with E-state index in [9.17, 15) is 4.79 Å². The normalized spacial score (nSPS) is 25.3. The minimum atomic E-state index is 0.137. The van der Waals surface area contributed by atoms with Gasteiger partial charge in [-0.3, -0.25) is 4.79 Å². The Morgan fingerprint density at radius 3 is 2.64 bits per heavy atom. The van der Waals surface area contributed by atoms with Crippen LogP contribution in [0.25, 0.3) is 0 Å². The molecule has 1 heterocycles. The van der Waals surface area contributed by atoms with Crippen molar-refractivity contribution in [3.63, 3.8) is 0 Å². The molecule has 22 heavy (non-hydrogen) atoms. The van der Waals surface area contributed by atoms with Crippen LogP contribution in [0.2, 0.25) is 10.0 Å². The molecular formula is C17H22Cl2N2O. The predicted octanol–water partition coefficient (Wildman–Crippen LogP) is 3.55. The van der Waals surface area contributed by atoms with E-state index in [1.54, 1.807) is 0 Å². The number of amides is 1. The van der Waals surface area contributed by atoms with E-state index >= 15 is 0 Å². The van der Waals surface area contributed by atoms with Gasteiger partial charge < -0.3 is 10.2 Å². The summed E-state index contributed by atoms with van der Waals surface area (Å²) in [5.74, 6) is 1.48. The molecule has 3 nitrogen and oxygen atoms in total. The highest BCUT2D eigenvalue weighted by Crippen LogP contribution is 2.49. The molecule has 1 N–H and O–H groups in total. The van der Waals surface area contributed by atoms with E-state index in [1.807, 2.05) is 30.1 Å². The highest BCUT2D eigenvalue weighted by atomic mass is 35.5. The summed E-state index contributed by atoms with van der Waals surface area (Å²) < 4.78 is 0. The van der Waals surface area contributed by atoms with Crippen LogP contribution in [-0.2, 0) is 4.79 Å². The molecule has 120 valence electrons. The molecule has 2 fully saturated rings. The maximum atomic E-state index is 12.6. The zero-order valence-electron chi connectivity index (χ0n) is 12.8. The summed E-state index contributed by atoms with van der Waals surface area (Å²) in [5, 5.41) is 4.37. The van der Waals surface area contributed by atoms with Crippen LogP contribution in [0.15, 0.2) is 18.2 Å². The van der Waals surface area contributed by atoms with Crippen molar-refractivity contribution in [1.82, 2.24) is 10.2 Å². The van der Waals surface area contributed by atoms with Crippen LogP contribution in [0.3, 0.4) is 0 Å². The number of hydrogen-bond acceptors (Lipinski definition) is 2. The molecule has 0 aromatic heterocycles. The number of carbonyl (C=O) groups excluding carboxylic acids is 1. The van der Waals surface area contributed by atoms with E-state index in [4.69, 9.17) is 23.2 Å². The summed E-state index contributed by atoms with van der Waals surface area (Å²) in [5.41, 5.74) is 1.14. The van der Waals surface area contributed by atoms with Crippen molar-refractivity contribution in [2.45, 2.75) is 25.2 Å². The average molecular weight is 341 g/mol. The van der Waals surface area contributed by atoms with Gasteiger partial charge in [0.05, 0.1) is 10.0 Å². The molecule has 2 atom stereocenters. The summed E-state index contributed by atoms with van der Waals surface area (Å²) in [7, 11) is 1.99. The number of likely N-dealkylation sites (tertiary alicyclic amines) is 1. The van der Waals surface area contributed by atoms with E-state index in [2.05, 4.69) is 5.32 Å². The van der Waals surface area contributed by atoms with Gasteiger partial charge in [-0.2, -0.15) is 0 Å². The van der Waals surface area contributed by atoms with Crippen LogP contribution in [0, 0.1) is 11.8 Å². The van der Waals surface area contributed by atoms with Gasteiger partial charge in [-0.25, -0.2) is 0 Å². The second kappa shape index (κ2) is 6.77. The minimum Gasteiger partial charge on any atom is -0.342 e. The van der Waals surface area contributed by atoms with Crippen molar-refractivity contribution >= 4 is 29.1 Å². The lowest BCUT2D eigenvalue weighted by molar-refractivity contribution is -0.134. The molecule has 1 aliphatic heterocycles. The van der Waals surface area contributed by atoms with Crippen LogP contribution in [-0.4, -0.2) is 37.5 Å². The third kappa shape index (κ3) is 3.42. The highest BCUT2D eigenvalue weighted by Gasteiger charge is 2.46. The Bertz CT molecular complexity index is 556. The lowest BCUT2D eigenvalue weighted by atomic mass is 9.96. The van der Waals surface area contributed by atoms with Crippen LogP contribution in [0.4, 0.5) is 0 Å². The number of nitrogens with zero attached hydrogens (tertiary/aromatic N) is 1. The fourth-order valence-corrected chi connectivity index (χ4v) is 3.77. The molecule has 1 amide bonds. The van der Waals surface area contributed by atoms with Crippen molar-refractivity contribution in [3.8, 4) is 0 Å². The largest absolute Gasteiger partial charge is 0.342 e. The number of carbonyl (C=O) groups is 1. The quantitative estimate of drug-likeness (QED) is 0.908. The van der Waals surface area contributed by atoms with Crippen molar-refractivity contribution in [2.75, 3.05) is 26.7 Å². The summed E-state index contributed by atoms with van der Waals surface area (Å²) in [4.78, 5) is 14.7. The monoisotopic (exact) mass is 340 g/mol. The van der Waals surface area contributed by atoms with E-state index in [0.717, 1.165) is 44.5 Å². The molecule has 0 spiro atoms. The number of rotatable bonds is 4. The molecule has 3 rings (SSSR count). The Hall–Kier alpha value is -0.770. The third-order valence-corrected chi connectivity index (χ3v) is 5.64. The van der Waals surface area contributed by atoms with Gasteiger partial charge in [0, 0.05) is 19.0 Å². The standard InChI is InChI=1S/C17H22Cl2N2O/c1-20-10-11-4-6-21(7-5-11)17(22)14-9-13(14)12-2-3-15(18)16(19)8-12/h2-3,8,11,13-14,20H,4-7,9-10H2,1H3. The van der Waals surface area contributed by atoms with Gasteiger partial charge in [0.25, 0.3) is 0 Å². The molecule has 1 saturated heterocycles. The van der Waals surface area contributed by atoms with E-state index in [1.165, 1.54) is 0 Å². The SMILES string of the molecule is CNCC1CCN(C(=O)C2CC2c2ccc(Cl)c(Cl)c2)CC1. The van der Waals surface area contributed by atoms with Gasteiger partial charge in [0.1, 0.15) is 0 Å². The number of piperidine rings is 1. The van der Waals surface area contributed by atoms with Crippen LogP contribution < -0.4 is 5.32 Å². The molecule has 1 aliphatic carbocycles. The zero-order chi connectivity index (χ0) is 15.7. The Morgan fingerprint density at radius 1 is 1.27 bits per heavy atom. The number of nitrogens with one attached hydrogen (secondary N) is 1. The Morgan fingerprint density at radius 2 is 2.00 bits per heavy atom. The van der Waals surface area contributed by atoms with Crippen molar-refractivity contribution < 1.29 is 4.79 Å². The summed E-state index contributed by atoms with van der Waals surface area (Å²) in [6, 6.07) is 5.72. The first-order valence-corrected chi connectivity index (χ1v) is 8.74. The number of halogens is 2. The molecule has 0 radical (unpaired) electrons. The van der Waals surface area contributed by atoms with E-state index in [0.29, 0.717) is 27.8 Å². The van der Waals surface area contributed by atoms with Crippen molar-refractivity contribution in [1.29, 1.82) is 0 Å². The topological polar surface area (TPSA) is 32.3 Å². The molecule has 1 aromatic rings. The smallest absolute Gasteiger partial charge is 0.226 e. The molecule has 2 aliphatic rings. The first-order chi connectivity index (χ1) is 10.6. The van der Waals surface area contributed by atoms with Gasteiger partial charge in [0.2, 0.25) is 5.91 Å². The first kappa shape index (κ1) is 16.1. The molecular weight excluding hydrogens is 319 g/mol. The van der Waals surface area contributed by atoms with Gasteiger partial charge >= 0.3 is 0 Å². The number of benzene rings is 1. The van der Waals surface area contributed by atoms with E-state index in [-0.39, 0.29) is 5.92 Å². The van der Waals surface area contributed by atoms with Gasteiger partial charge in [0.15, 0.2) is 0 Å². The lowest BCUT2D eigenvalue weighted by Crippen LogP contribution is -2.41. The van der Waals surface area contributed by atoms with Crippen molar-refractivity contribution in [2.24, 2.45) is 11.8 Å². The molecule has 5 heteroatoms. The Labute approximate surface area is 142 Å². The van der Waals surface area contributed by atoms with Crippen LogP contribution in [0.5, 0.6) is 0 Å². The van der Waals surface area contributed by atoms with Crippen molar-refractivity contribution in [3.05, 3.63) is 33.8 Å². The summed E-state index contributed by atoms with van der Waals surface area (Å²) in [6.45, 7) is 2.85. The fourth-order valence-electron chi connectivity index (χ4n) is 3.46. The van der Waals surface area contributed by atoms with Crippen LogP contribution >= 0.6 is 23.2 Å². The molecule has 2 unspecified atom stereocenters.